The number of nitrogens with zero attached hydrogens (tertiary/aromatic N) is 4. The lowest BCUT2D eigenvalue weighted by molar-refractivity contribution is -0.125. The molecule has 0 radical (unpaired) electrons. The fraction of sp³-hybridized carbons (Fsp3) is 0.500. The maximum Gasteiger partial charge on any atom is 0.410 e. The van der Waals surface area contributed by atoms with Gasteiger partial charge in [-0.05, 0) is 75.9 Å². The lowest BCUT2D eigenvalue weighted by atomic mass is 9.74. The fourth-order valence-electron chi connectivity index (χ4n) is 5.90. The molecular formula is C30H37ClN4O3. The van der Waals surface area contributed by atoms with Crippen molar-refractivity contribution in [2.45, 2.75) is 83.9 Å². The van der Waals surface area contributed by atoms with Gasteiger partial charge in [-0.15, -0.1) is 0 Å². The van der Waals surface area contributed by atoms with Crippen LogP contribution in [0.5, 0.6) is 0 Å². The van der Waals surface area contributed by atoms with E-state index in [0.717, 1.165) is 53.7 Å². The molecule has 0 bridgehead atoms. The van der Waals surface area contributed by atoms with E-state index in [0.29, 0.717) is 37.5 Å². The summed E-state index contributed by atoms with van der Waals surface area (Å²) in [6.45, 7) is 10.1. The molecule has 0 unspecified atom stereocenters. The Hall–Kier alpha value is -3.06. The maximum absolute atomic E-state index is 14.2. The van der Waals surface area contributed by atoms with Crippen molar-refractivity contribution in [1.82, 2.24) is 14.5 Å². The van der Waals surface area contributed by atoms with Crippen molar-refractivity contribution in [3.05, 3.63) is 59.0 Å². The van der Waals surface area contributed by atoms with Gasteiger partial charge in [0.25, 0.3) is 0 Å². The Morgan fingerprint density at radius 1 is 1.13 bits per heavy atom. The predicted molar refractivity (Wildman–Crippen MR) is 151 cm³/mol. The zero-order valence-corrected chi connectivity index (χ0v) is 23.6. The van der Waals surface area contributed by atoms with E-state index < -0.39 is 11.0 Å². The van der Waals surface area contributed by atoms with Gasteiger partial charge in [-0.25, -0.2) is 4.79 Å². The molecule has 202 valence electrons. The molecule has 0 N–H and O–H groups in total. The Labute approximate surface area is 229 Å². The highest BCUT2D eigenvalue weighted by molar-refractivity contribution is 6.31. The smallest absolute Gasteiger partial charge is 0.410 e. The number of ether oxygens (including phenoxy) is 1. The Bertz CT molecular complexity index is 1350. The number of hydrogen-bond donors (Lipinski definition) is 0. The van der Waals surface area contributed by atoms with Gasteiger partial charge < -0.3 is 19.1 Å². The monoisotopic (exact) mass is 536 g/mol. The van der Waals surface area contributed by atoms with Crippen LogP contribution in [0.1, 0.15) is 71.1 Å². The average molecular weight is 537 g/mol. The highest BCUT2D eigenvalue weighted by Crippen LogP contribution is 2.48. The van der Waals surface area contributed by atoms with Crippen LogP contribution in [0.4, 0.5) is 10.5 Å². The Morgan fingerprint density at radius 3 is 2.61 bits per heavy atom. The number of carbonyl (C=O) groups excluding carboxylic acids is 2. The van der Waals surface area contributed by atoms with E-state index >= 15 is 0 Å². The van der Waals surface area contributed by atoms with E-state index in [9.17, 15) is 9.59 Å². The van der Waals surface area contributed by atoms with Crippen molar-refractivity contribution in [3.8, 4) is 0 Å². The highest BCUT2D eigenvalue weighted by atomic mass is 35.5. The number of fused-ring (bicyclic) bond motifs is 3. The summed E-state index contributed by atoms with van der Waals surface area (Å²) in [4.78, 5) is 34.9. The third-order valence-electron chi connectivity index (χ3n) is 7.78. The molecule has 2 amide bonds. The number of pyridine rings is 1. The number of hydrogen-bond acceptors (Lipinski definition) is 4. The second-order valence-corrected chi connectivity index (χ2v) is 12.0. The number of likely N-dealkylation sites (tertiary alicyclic amines) is 1. The topological polar surface area (TPSA) is 67.7 Å². The molecule has 0 aliphatic carbocycles. The normalized spacial score (nSPS) is 16.9. The molecule has 1 saturated heterocycles. The van der Waals surface area contributed by atoms with Crippen LogP contribution in [0.2, 0.25) is 5.02 Å². The molecule has 4 heterocycles. The van der Waals surface area contributed by atoms with Crippen molar-refractivity contribution < 1.29 is 14.3 Å². The van der Waals surface area contributed by atoms with Crippen LogP contribution < -0.4 is 4.90 Å². The van der Waals surface area contributed by atoms with Gasteiger partial charge in [-0.1, -0.05) is 31.4 Å². The zero-order chi connectivity index (χ0) is 27.1. The van der Waals surface area contributed by atoms with E-state index in [1.54, 1.807) is 11.1 Å². The average Bonchev–Trinajstić information content (AvgIpc) is 3.32. The minimum absolute atomic E-state index is 0.0905. The molecule has 0 atom stereocenters. The number of unbranched alkanes of at least 4 members (excludes halogenated alkanes) is 2. The molecule has 1 fully saturated rings. The molecule has 5 rings (SSSR count). The summed E-state index contributed by atoms with van der Waals surface area (Å²) in [7, 11) is 0. The Balaban J connectivity index is 1.44. The number of rotatable bonds is 6. The van der Waals surface area contributed by atoms with Crippen molar-refractivity contribution in [1.29, 1.82) is 0 Å². The number of aryl methyl sites for hydroxylation is 1. The van der Waals surface area contributed by atoms with E-state index in [-0.39, 0.29) is 12.0 Å². The quantitative estimate of drug-likeness (QED) is 0.329. The van der Waals surface area contributed by atoms with E-state index in [1.807, 2.05) is 50.1 Å². The number of amides is 2. The standard InChI is InChI=1S/C30H37ClN4O3/c1-5-6-7-14-34-23(18-21-17-22(31)8-9-25(21)34)20-35-26-19-32-13-10-24(26)30(27(35)36)11-15-33(16-12-30)28(37)38-29(2,3)4/h8-10,13,17-19H,5-7,11-12,14-16,20H2,1-4H3. The first kappa shape index (κ1) is 26.5. The Kier molecular flexibility index (Phi) is 7.16. The van der Waals surface area contributed by atoms with E-state index in [1.165, 1.54) is 0 Å². The first-order valence-electron chi connectivity index (χ1n) is 13.6. The second kappa shape index (κ2) is 10.3. The molecular weight excluding hydrogens is 500 g/mol. The summed E-state index contributed by atoms with van der Waals surface area (Å²) in [5.74, 6) is 0.0905. The Morgan fingerprint density at radius 2 is 1.89 bits per heavy atom. The minimum Gasteiger partial charge on any atom is -0.444 e. The summed E-state index contributed by atoms with van der Waals surface area (Å²) in [6, 6.07) is 10.1. The van der Waals surface area contributed by atoms with Crippen molar-refractivity contribution in [2.24, 2.45) is 0 Å². The molecule has 38 heavy (non-hydrogen) atoms. The largest absolute Gasteiger partial charge is 0.444 e. The molecule has 2 aromatic heterocycles. The zero-order valence-electron chi connectivity index (χ0n) is 22.8. The van der Waals surface area contributed by atoms with E-state index in [4.69, 9.17) is 16.3 Å². The summed E-state index contributed by atoms with van der Waals surface area (Å²) >= 11 is 6.32. The van der Waals surface area contributed by atoms with E-state index in [2.05, 4.69) is 28.6 Å². The van der Waals surface area contributed by atoms with Gasteiger partial charge in [-0.2, -0.15) is 0 Å². The molecule has 2 aliphatic rings. The van der Waals surface area contributed by atoms with Crippen LogP contribution in [-0.4, -0.2) is 45.1 Å². The molecule has 8 heteroatoms. The van der Waals surface area contributed by atoms with Crippen LogP contribution in [-0.2, 0) is 28.0 Å². The van der Waals surface area contributed by atoms with Gasteiger partial charge in [0.15, 0.2) is 0 Å². The molecule has 1 aromatic carbocycles. The first-order valence-corrected chi connectivity index (χ1v) is 14.0. The fourth-order valence-corrected chi connectivity index (χ4v) is 6.08. The van der Waals surface area contributed by atoms with Gasteiger partial charge in [0.1, 0.15) is 5.60 Å². The summed E-state index contributed by atoms with van der Waals surface area (Å²) in [6.07, 6.45) is 7.75. The van der Waals surface area contributed by atoms with Crippen LogP contribution >= 0.6 is 11.6 Å². The van der Waals surface area contributed by atoms with Crippen molar-refractivity contribution in [2.75, 3.05) is 18.0 Å². The van der Waals surface area contributed by atoms with Gasteiger partial charge in [-0.3, -0.25) is 9.78 Å². The molecule has 2 aliphatic heterocycles. The van der Waals surface area contributed by atoms with Crippen LogP contribution in [0.25, 0.3) is 10.9 Å². The third kappa shape index (κ3) is 4.89. The predicted octanol–water partition coefficient (Wildman–Crippen LogP) is 6.70. The SMILES string of the molecule is CCCCCn1c(CN2C(=O)C3(CCN(C(=O)OC(C)(C)C)CC3)c3ccncc32)cc2cc(Cl)ccc21. The van der Waals surface area contributed by atoms with Gasteiger partial charge in [0, 0.05) is 47.5 Å². The lowest BCUT2D eigenvalue weighted by Gasteiger charge is -2.38. The number of halogens is 1. The van der Waals surface area contributed by atoms with Crippen molar-refractivity contribution >= 4 is 40.2 Å². The van der Waals surface area contributed by atoms with Gasteiger partial charge in [0.2, 0.25) is 5.91 Å². The lowest BCUT2D eigenvalue weighted by Crippen LogP contribution is -2.50. The molecule has 7 nitrogen and oxygen atoms in total. The maximum atomic E-state index is 14.2. The third-order valence-corrected chi connectivity index (χ3v) is 8.02. The minimum atomic E-state index is -0.654. The molecule has 3 aromatic rings. The number of anilines is 1. The number of carbonyl (C=O) groups is 2. The summed E-state index contributed by atoms with van der Waals surface area (Å²) in [5, 5.41) is 1.79. The number of aromatic nitrogens is 2. The molecule has 0 saturated carbocycles. The number of piperidine rings is 1. The highest BCUT2D eigenvalue weighted by Gasteiger charge is 2.52. The van der Waals surface area contributed by atoms with Gasteiger partial charge in [0.05, 0.1) is 23.8 Å². The van der Waals surface area contributed by atoms with Crippen LogP contribution in [0.3, 0.4) is 0 Å². The first-order chi connectivity index (χ1) is 18.1. The van der Waals surface area contributed by atoms with Crippen LogP contribution in [0, 0.1) is 0 Å². The van der Waals surface area contributed by atoms with Crippen molar-refractivity contribution in [3.63, 3.8) is 0 Å². The second-order valence-electron chi connectivity index (χ2n) is 11.5. The van der Waals surface area contributed by atoms with Crippen LogP contribution in [0.15, 0.2) is 42.7 Å². The summed E-state index contributed by atoms with van der Waals surface area (Å²) < 4.78 is 7.92. The van der Waals surface area contributed by atoms with Gasteiger partial charge >= 0.3 is 6.09 Å². The summed E-state index contributed by atoms with van der Waals surface area (Å²) in [5.41, 5.74) is 2.90. The molecule has 1 spiro atoms. The number of benzene rings is 1.